The number of hydrogen-bond donors (Lipinski definition) is 3. The molecule has 1 aliphatic heterocycles. The molecule has 1 aliphatic rings. The average molecular weight is 306 g/mol. The van der Waals surface area contributed by atoms with Gasteiger partial charge in [-0.3, -0.25) is 4.79 Å². The van der Waals surface area contributed by atoms with E-state index in [1.165, 1.54) is 17.8 Å². The van der Waals surface area contributed by atoms with Gasteiger partial charge >= 0.3 is 12.1 Å². The second-order valence-corrected chi connectivity index (χ2v) is 6.22. The molecule has 0 bridgehead atoms. The summed E-state index contributed by atoms with van der Waals surface area (Å²) in [5, 5.41) is 11.9. The highest BCUT2D eigenvalue weighted by atomic mass is 32.2. The quantitative estimate of drug-likeness (QED) is 0.744. The number of benzene rings is 1. The predicted octanol–water partition coefficient (Wildman–Crippen LogP) is 2.20. The molecule has 1 heterocycles. The number of carbonyl (C=O) groups is 1. The Morgan fingerprint density at radius 2 is 2.10 bits per heavy atom. The zero-order chi connectivity index (χ0) is 15.0. The lowest BCUT2D eigenvalue weighted by Crippen LogP contribution is -2.57. The molecular formula is C12H13F3N2O2S. The molecule has 1 fully saturated rings. The van der Waals surface area contributed by atoms with E-state index in [0.29, 0.717) is 18.0 Å². The van der Waals surface area contributed by atoms with Crippen LogP contribution in [0.2, 0.25) is 0 Å². The molecular weight excluding hydrogens is 293 g/mol. The highest BCUT2D eigenvalue weighted by Gasteiger charge is 2.41. The maximum Gasteiger partial charge on any atom is 0.416 e. The summed E-state index contributed by atoms with van der Waals surface area (Å²) < 4.78 is 37.1. The SMILES string of the molecule is Nc1cc(C(F)(F)F)ccc1SC1(CC(=O)O)CNC1. The number of nitrogen functional groups attached to an aromatic ring is 1. The molecule has 0 saturated carbocycles. The lowest BCUT2D eigenvalue weighted by molar-refractivity contribution is -0.138. The number of carboxylic acids is 1. The molecule has 20 heavy (non-hydrogen) atoms. The Labute approximate surface area is 117 Å². The number of nitrogens with one attached hydrogen (secondary N) is 1. The van der Waals surface area contributed by atoms with Gasteiger partial charge in [-0.1, -0.05) is 0 Å². The number of alkyl halides is 3. The Balaban J connectivity index is 2.19. The third kappa shape index (κ3) is 3.18. The lowest BCUT2D eigenvalue weighted by atomic mass is 9.98. The van der Waals surface area contributed by atoms with Crippen LogP contribution in [0.5, 0.6) is 0 Å². The van der Waals surface area contributed by atoms with Crippen molar-refractivity contribution < 1.29 is 23.1 Å². The van der Waals surface area contributed by atoms with E-state index in [1.807, 2.05) is 0 Å². The summed E-state index contributed by atoms with van der Waals surface area (Å²) >= 11 is 1.22. The van der Waals surface area contributed by atoms with Crippen molar-refractivity contribution in [3.63, 3.8) is 0 Å². The van der Waals surface area contributed by atoms with E-state index in [-0.39, 0.29) is 12.1 Å². The van der Waals surface area contributed by atoms with Crippen molar-refractivity contribution in [1.82, 2.24) is 5.32 Å². The van der Waals surface area contributed by atoms with Crippen molar-refractivity contribution in [3.8, 4) is 0 Å². The van der Waals surface area contributed by atoms with Crippen molar-refractivity contribution in [3.05, 3.63) is 23.8 Å². The fraction of sp³-hybridized carbons (Fsp3) is 0.417. The smallest absolute Gasteiger partial charge is 0.416 e. The Morgan fingerprint density at radius 3 is 2.50 bits per heavy atom. The molecule has 0 aliphatic carbocycles. The van der Waals surface area contributed by atoms with E-state index >= 15 is 0 Å². The number of carboxylic acid groups (broad SMARTS) is 1. The van der Waals surface area contributed by atoms with Crippen molar-refractivity contribution in [2.24, 2.45) is 0 Å². The normalized spacial score (nSPS) is 17.6. The summed E-state index contributed by atoms with van der Waals surface area (Å²) in [7, 11) is 0. The number of nitrogens with two attached hydrogens (primary N) is 1. The van der Waals surface area contributed by atoms with E-state index in [0.717, 1.165) is 12.1 Å². The number of anilines is 1. The van der Waals surface area contributed by atoms with Gasteiger partial charge in [0.1, 0.15) is 0 Å². The number of halogens is 3. The molecule has 0 aromatic heterocycles. The molecule has 0 radical (unpaired) electrons. The second kappa shape index (κ2) is 5.17. The van der Waals surface area contributed by atoms with Gasteiger partial charge in [0.15, 0.2) is 0 Å². The van der Waals surface area contributed by atoms with E-state index in [2.05, 4.69) is 5.32 Å². The number of aliphatic carboxylic acids is 1. The first-order valence-electron chi connectivity index (χ1n) is 5.80. The van der Waals surface area contributed by atoms with Gasteiger partial charge in [0.25, 0.3) is 0 Å². The third-order valence-electron chi connectivity index (χ3n) is 3.03. The van der Waals surface area contributed by atoms with Gasteiger partial charge < -0.3 is 16.2 Å². The van der Waals surface area contributed by atoms with Crippen LogP contribution in [-0.2, 0) is 11.0 Å². The van der Waals surface area contributed by atoms with Crippen molar-refractivity contribution >= 4 is 23.4 Å². The fourth-order valence-electron chi connectivity index (χ4n) is 1.96. The van der Waals surface area contributed by atoms with Gasteiger partial charge in [0.05, 0.1) is 16.7 Å². The zero-order valence-electron chi connectivity index (χ0n) is 10.3. The summed E-state index contributed by atoms with van der Waals surface area (Å²) in [4.78, 5) is 11.3. The summed E-state index contributed by atoms with van der Waals surface area (Å²) in [6.45, 7) is 0.981. The third-order valence-corrected chi connectivity index (χ3v) is 4.49. The molecule has 1 saturated heterocycles. The molecule has 1 aromatic rings. The Bertz CT molecular complexity index is 530. The topological polar surface area (TPSA) is 75.4 Å². The van der Waals surface area contributed by atoms with Crippen molar-refractivity contribution in [2.45, 2.75) is 22.2 Å². The van der Waals surface area contributed by atoms with Crippen LogP contribution in [0.15, 0.2) is 23.1 Å². The minimum absolute atomic E-state index is 0.0153. The van der Waals surface area contributed by atoms with Crippen LogP contribution in [0.1, 0.15) is 12.0 Å². The van der Waals surface area contributed by atoms with Crippen molar-refractivity contribution in [2.75, 3.05) is 18.8 Å². The molecule has 8 heteroatoms. The highest BCUT2D eigenvalue weighted by molar-refractivity contribution is 8.01. The largest absolute Gasteiger partial charge is 0.481 e. The standard InChI is InChI=1S/C12H13F3N2O2S/c13-12(14,15)7-1-2-9(8(16)3-7)20-11(4-10(18)19)5-17-6-11/h1-3,17H,4-6,16H2,(H,18,19). The van der Waals surface area contributed by atoms with Crippen molar-refractivity contribution in [1.29, 1.82) is 0 Å². The molecule has 0 amide bonds. The first-order valence-corrected chi connectivity index (χ1v) is 6.62. The van der Waals surface area contributed by atoms with Gasteiger partial charge in [-0.15, -0.1) is 11.8 Å². The summed E-state index contributed by atoms with van der Waals surface area (Å²) in [6, 6.07) is 3.13. The fourth-order valence-corrected chi connectivity index (χ4v) is 3.29. The second-order valence-electron chi connectivity index (χ2n) is 4.71. The highest BCUT2D eigenvalue weighted by Crippen LogP contribution is 2.42. The number of thioether (sulfide) groups is 1. The van der Waals surface area contributed by atoms with E-state index < -0.39 is 22.5 Å². The first kappa shape index (κ1) is 15.0. The van der Waals surface area contributed by atoms with Crippen LogP contribution in [0.3, 0.4) is 0 Å². The molecule has 4 nitrogen and oxygen atoms in total. The van der Waals surface area contributed by atoms with Crippen LogP contribution < -0.4 is 11.1 Å². The van der Waals surface area contributed by atoms with Crippen LogP contribution >= 0.6 is 11.8 Å². The molecule has 0 spiro atoms. The van der Waals surface area contributed by atoms with Gasteiger partial charge in [-0.05, 0) is 18.2 Å². The zero-order valence-corrected chi connectivity index (χ0v) is 11.1. The molecule has 2 rings (SSSR count). The Morgan fingerprint density at radius 1 is 1.45 bits per heavy atom. The Kier molecular flexibility index (Phi) is 3.88. The van der Waals surface area contributed by atoms with Crippen LogP contribution in [0, 0.1) is 0 Å². The summed E-state index contributed by atoms with van der Waals surface area (Å²) in [6.07, 6.45) is -4.50. The van der Waals surface area contributed by atoms with Crippen LogP contribution in [0.4, 0.5) is 18.9 Å². The number of hydrogen-bond acceptors (Lipinski definition) is 4. The molecule has 0 unspecified atom stereocenters. The minimum Gasteiger partial charge on any atom is -0.481 e. The van der Waals surface area contributed by atoms with E-state index in [9.17, 15) is 18.0 Å². The van der Waals surface area contributed by atoms with Gasteiger partial charge in [0.2, 0.25) is 0 Å². The molecule has 4 N–H and O–H groups in total. The maximum atomic E-state index is 12.5. The number of rotatable bonds is 4. The Hall–Kier alpha value is -1.41. The molecule has 0 atom stereocenters. The maximum absolute atomic E-state index is 12.5. The summed E-state index contributed by atoms with van der Waals surface area (Å²) in [5.41, 5.74) is 4.85. The van der Waals surface area contributed by atoms with Gasteiger partial charge in [-0.25, -0.2) is 0 Å². The van der Waals surface area contributed by atoms with E-state index in [4.69, 9.17) is 10.8 Å². The molecule has 1 aromatic carbocycles. The minimum atomic E-state index is -4.44. The van der Waals surface area contributed by atoms with Gasteiger partial charge in [-0.2, -0.15) is 13.2 Å². The average Bonchev–Trinajstić information content (AvgIpc) is 2.26. The molecule has 110 valence electrons. The predicted molar refractivity (Wildman–Crippen MR) is 69.6 cm³/mol. The van der Waals surface area contributed by atoms with Gasteiger partial charge in [0, 0.05) is 23.7 Å². The first-order chi connectivity index (χ1) is 9.22. The van der Waals surface area contributed by atoms with Crippen LogP contribution in [0.25, 0.3) is 0 Å². The lowest BCUT2D eigenvalue weighted by Gasteiger charge is -2.41. The van der Waals surface area contributed by atoms with E-state index in [1.54, 1.807) is 0 Å². The summed E-state index contributed by atoms with van der Waals surface area (Å²) in [5.74, 6) is -0.940. The monoisotopic (exact) mass is 306 g/mol. The van der Waals surface area contributed by atoms with Crippen LogP contribution in [-0.4, -0.2) is 28.9 Å².